The monoisotopic (exact) mass is 276 g/mol. The van der Waals surface area contributed by atoms with Crippen molar-refractivity contribution in [3.05, 3.63) is 35.5 Å². The molecular formula is C16H21ClN2. The Balaban J connectivity index is 2.21. The van der Waals surface area contributed by atoms with Crippen molar-refractivity contribution in [2.75, 3.05) is 11.9 Å². The van der Waals surface area contributed by atoms with E-state index in [0.29, 0.717) is 11.8 Å². The molecule has 2 nitrogen and oxygen atoms in total. The normalized spacial score (nSPS) is 12.9. The van der Waals surface area contributed by atoms with Crippen molar-refractivity contribution in [2.24, 2.45) is 11.8 Å². The van der Waals surface area contributed by atoms with Crippen LogP contribution in [0.2, 0.25) is 5.02 Å². The van der Waals surface area contributed by atoms with Crippen LogP contribution < -0.4 is 5.32 Å². The zero-order valence-electron chi connectivity index (χ0n) is 11.8. The quantitative estimate of drug-likeness (QED) is 0.833. The third-order valence-electron chi connectivity index (χ3n) is 3.73. The summed E-state index contributed by atoms with van der Waals surface area (Å²) in [5.41, 5.74) is 2.08. The molecule has 0 fully saturated rings. The van der Waals surface area contributed by atoms with Crippen molar-refractivity contribution >= 4 is 28.2 Å². The number of nitrogens with zero attached hydrogens (tertiary/aromatic N) is 1. The molecule has 0 bridgehead atoms. The third-order valence-corrected chi connectivity index (χ3v) is 3.96. The Morgan fingerprint density at radius 1 is 1.26 bits per heavy atom. The molecular weight excluding hydrogens is 256 g/mol. The highest BCUT2D eigenvalue weighted by Gasteiger charge is 2.11. The van der Waals surface area contributed by atoms with Crippen LogP contribution in [0.15, 0.2) is 30.5 Å². The van der Waals surface area contributed by atoms with Gasteiger partial charge in [-0.15, -0.1) is 0 Å². The molecule has 1 unspecified atom stereocenters. The lowest BCUT2D eigenvalue weighted by atomic mass is 9.93. The molecule has 1 atom stereocenters. The zero-order chi connectivity index (χ0) is 13.8. The van der Waals surface area contributed by atoms with Gasteiger partial charge >= 0.3 is 0 Å². The molecule has 0 spiro atoms. The van der Waals surface area contributed by atoms with Crippen molar-refractivity contribution in [2.45, 2.75) is 27.2 Å². The topological polar surface area (TPSA) is 24.9 Å². The largest absolute Gasteiger partial charge is 0.384 e. The number of aromatic nitrogens is 1. The van der Waals surface area contributed by atoms with E-state index in [1.54, 1.807) is 0 Å². The Morgan fingerprint density at radius 2 is 2.05 bits per heavy atom. The lowest BCUT2D eigenvalue weighted by Crippen LogP contribution is -2.18. The number of anilines is 1. The van der Waals surface area contributed by atoms with Crippen molar-refractivity contribution in [1.29, 1.82) is 0 Å². The van der Waals surface area contributed by atoms with E-state index < -0.39 is 0 Å². The molecule has 2 rings (SSSR count). The first-order chi connectivity index (χ1) is 9.11. The molecule has 0 aliphatic carbocycles. The van der Waals surface area contributed by atoms with Gasteiger partial charge in [-0.2, -0.15) is 0 Å². The summed E-state index contributed by atoms with van der Waals surface area (Å²) in [6, 6.07) is 7.88. The number of halogens is 1. The summed E-state index contributed by atoms with van der Waals surface area (Å²) in [5.74, 6) is 1.38. The second-order valence-electron chi connectivity index (χ2n) is 5.31. The molecule has 1 heterocycles. The van der Waals surface area contributed by atoms with Crippen molar-refractivity contribution in [1.82, 2.24) is 4.98 Å². The molecule has 1 N–H and O–H groups in total. The number of benzene rings is 1. The Kier molecular flexibility index (Phi) is 4.65. The SMILES string of the molecule is CCC(CNc1ccnc2cc(Cl)ccc12)C(C)C. The smallest absolute Gasteiger partial charge is 0.0737 e. The maximum Gasteiger partial charge on any atom is 0.0737 e. The number of nitrogens with one attached hydrogen (secondary N) is 1. The van der Waals surface area contributed by atoms with E-state index in [-0.39, 0.29) is 0 Å². The Labute approximate surface area is 120 Å². The highest BCUT2D eigenvalue weighted by molar-refractivity contribution is 6.31. The minimum atomic E-state index is 0.690. The predicted molar refractivity (Wildman–Crippen MR) is 83.9 cm³/mol. The summed E-state index contributed by atoms with van der Waals surface area (Å²) in [7, 11) is 0. The first-order valence-electron chi connectivity index (χ1n) is 6.90. The molecule has 19 heavy (non-hydrogen) atoms. The van der Waals surface area contributed by atoms with Crippen LogP contribution in [0.4, 0.5) is 5.69 Å². The fourth-order valence-electron chi connectivity index (χ4n) is 2.37. The molecule has 0 radical (unpaired) electrons. The molecule has 102 valence electrons. The summed E-state index contributed by atoms with van der Waals surface area (Å²) in [6.45, 7) is 7.80. The van der Waals surface area contributed by atoms with E-state index in [9.17, 15) is 0 Å². The van der Waals surface area contributed by atoms with Crippen molar-refractivity contribution in [3.8, 4) is 0 Å². The Morgan fingerprint density at radius 3 is 2.74 bits per heavy atom. The maximum absolute atomic E-state index is 6.00. The summed E-state index contributed by atoms with van der Waals surface area (Å²) in [6.07, 6.45) is 3.02. The van der Waals surface area contributed by atoms with Crippen LogP contribution in [-0.2, 0) is 0 Å². The molecule has 1 aromatic heterocycles. The highest BCUT2D eigenvalue weighted by atomic mass is 35.5. The van der Waals surface area contributed by atoms with Crippen LogP contribution in [0.1, 0.15) is 27.2 Å². The molecule has 0 aliphatic rings. The van der Waals surface area contributed by atoms with Gasteiger partial charge in [0.2, 0.25) is 0 Å². The van der Waals surface area contributed by atoms with Gasteiger partial charge in [-0.3, -0.25) is 4.98 Å². The number of rotatable bonds is 5. The zero-order valence-corrected chi connectivity index (χ0v) is 12.5. The Bertz CT molecular complexity index is 551. The van der Waals surface area contributed by atoms with E-state index >= 15 is 0 Å². The lowest BCUT2D eigenvalue weighted by Gasteiger charge is -2.20. The molecule has 3 heteroatoms. The second-order valence-corrected chi connectivity index (χ2v) is 5.75. The number of fused-ring (bicyclic) bond motifs is 1. The van der Waals surface area contributed by atoms with Gasteiger partial charge in [0.25, 0.3) is 0 Å². The summed E-state index contributed by atoms with van der Waals surface area (Å²) in [4.78, 5) is 4.36. The minimum Gasteiger partial charge on any atom is -0.384 e. The number of hydrogen-bond acceptors (Lipinski definition) is 2. The lowest BCUT2D eigenvalue weighted by molar-refractivity contribution is 0.392. The fraction of sp³-hybridized carbons (Fsp3) is 0.438. The van der Waals surface area contributed by atoms with E-state index in [0.717, 1.165) is 28.2 Å². The maximum atomic E-state index is 6.00. The molecule has 1 aromatic carbocycles. The van der Waals surface area contributed by atoms with Gasteiger partial charge in [0.05, 0.1) is 5.52 Å². The summed E-state index contributed by atoms with van der Waals surface area (Å²) in [5, 5.41) is 5.41. The first-order valence-corrected chi connectivity index (χ1v) is 7.27. The molecule has 0 aliphatic heterocycles. The van der Waals surface area contributed by atoms with Gasteiger partial charge in [-0.1, -0.05) is 38.8 Å². The van der Waals surface area contributed by atoms with Crippen LogP contribution in [0.5, 0.6) is 0 Å². The van der Waals surface area contributed by atoms with Crippen molar-refractivity contribution in [3.63, 3.8) is 0 Å². The predicted octanol–water partition coefficient (Wildman–Crippen LogP) is 4.98. The highest BCUT2D eigenvalue weighted by Crippen LogP contribution is 2.25. The Hall–Kier alpha value is -1.28. The summed E-state index contributed by atoms with van der Waals surface area (Å²) >= 11 is 6.00. The van der Waals surface area contributed by atoms with Crippen LogP contribution in [0.25, 0.3) is 10.9 Å². The molecule has 0 saturated carbocycles. The minimum absolute atomic E-state index is 0.690. The fourth-order valence-corrected chi connectivity index (χ4v) is 2.53. The molecule has 0 amide bonds. The van der Waals surface area contributed by atoms with Gasteiger partial charge in [-0.25, -0.2) is 0 Å². The van der Waals surface area contributed by atoms with Gasteiger partial charge in [0, 0.05) is 28.8 Å². The van der Waals surface area contributed by atoms with Gasteiger partial charge in [-0.05, 0) is 36.1 Å². The van der Waals surface area contributed by atoms with E-state index in [1.807, 2.05) is 30.5 Å². The van der Waals surface area contributed by atoms with E-state index in [4.69, 9.17) is 11.6 Å². The van der Waals surface area contributed by atoms with Crippen LogP contribution >= 0.6 is 11.6 Å². The van der Waals surface area contributed by atoms with Crippen molar-refractivity contribution < 1.29 is 0 Å². The average Bonchev–Trinajstić information content (AvgIpc) is 2.38. The first kappa shape index (κ1) is 14.1. The summed E-state index contributed by atoms with van der Waals surface area (Å²) < 4.78 is 0. The average molecular weight is 277 g/mol. The third kappa shape index (κ3) is 3.38. The molecule has 2 aromatic rings. The van der Waals surface area contributed by atoms with Gasteiger partial charge in [0.1, 0.15) is 0 Å². The van der Waals surface area contributed by atoms with Crippen LogP contribution in [-0.4, -0.2) is 11.5 Å². The van der Waals surface area contributed by atoms with E-state index in [1.165, 1.54) is 6.42 Å². The second kappa shape index (κ2) is 6.25. The number of hydrogen-bond donors (Lipinski definition) is 1. The number of pyridine rings is 1. The standard InChI is InChI=1S/C16H21ClN2/c1-4-12(11(2)3)10-19-15-7-8-18-16-9-13(17)5-6-14(15)16/h5-9,11-12H,4,10H2,1-3H3,(H,18,19). The van der Waals surface area contributed by atoms with Crippen LogP contribution in [0, 0.1) is 11.8 Å². The molecule has 0 saturated heterocycles. The van der Waals surface area contributed by atoms with Gasteiger partial charge < -0.3 is 5.32 Å². The van der Waals surface area contributed by atoms with Gasteiger partial charge in [0.15, 0.2) is 0 Å². The van der Waals surface area contributed by atoms with E-state index in [2.05, 4.69) is 31.1 Å². The van der Waals surface area contributed by atoms with Crippen LogP contribution in [0.3, 0.4) is 0 Å².